The zero-order chi connectivity index (χ0) is 10.6. The Morgan fingerprint density at radius 3 is 2.79 bits per heavy atom. The first kappa shape index (κ1) is 11.3. The van der Waals surface area contributed by atoms with Crippen molar-refractivity contribution in [3.63, 3.8) is 0 Å². The van der Waals surface area contributed by atoms with Crippen LogP contribution in [0, 0.1) is 6.92 Å². The lowest BCUT2D eigenvalue weighted by molar-refractivity contribution is -0.116. The Kier molecular flexibility index (Phi) is 4.21. The van der Waals surface area contributed by atoms with Gasteiger partial charge in [0.05, 0.1) is 5.25 Å². The lowest BCUT2D eigenvalue weighted by Gasteiger charge is -2.07. The summed E-state index contributed by atoms with van der Waals surface area (Å²) in [6.07, 6.45) is 0. The highest BCUT2D eigenvalue weighted by molar-refractivity contribution is 7.99. The molecule has 0 saturated carbocycles. The highest BCUT2D eigenvalue weighted by atomic mass is 32.2. The van der Waals surface area contributed by atoms with Gasteiger partial charge in [-0.05, 0) is 26.3 Å². The fourth-order valence-corrected chi connectivity index (χ4v) is 2.00. The van der Waals surface area contributed by atoms with Crippen molar-refractivity contribution in [1.82, 2.24) is 0 Å². The molecule has 0 heterocycles. The van der Waals surface area contributed by atoms with E-state index < -0.39 is 0 Å². The van der Waals surface area contributed by atoms with Gasteiger partial charge in [-0.3, -0.25) is 4.79 Å². The van der Waals surface area contributed by atoms with E-state index in [9.17, 15) is 4.79 Å². The second-order valence-corrected chi connectivity index (χ2v) is 4.88. The summed E-state index contributed by atoms with van der Waals surface area (Å²) in [6.45, 7) is 5.69. The molecule has 14 heavy (non-hydrogen) atoms. The summed E-state index contributed by atoms with van der Waals surface area (Å²) in [4.78, 5) is 11.0. The SMILES string of the molecule is CC(=O)C(C)SCc1cccc(C)c1. The van der Waals surface area contributed by atoms with Crippen molar-refractivity contribution in [2.24, 2.45) is 0 Å². The summed E-state index contributed by atoms with van der Waals surface area (Å²) in [7, 11) is 0. The molecule has 0 bridgehead atoms. The van der Waals surface area contributed by atoms with Crippen LogP contribution in [0.1, 0.15) is 25.0 Å². The van der Waals surface area contributed by atoms with Crippen LogP contribution in [0.3, 0.4) is 0 Å². The third-order valence-corrected chi connectivity index (χ3v) is 3.49. The number of carbonyl (C=O) groups excluding carboxylic acids is 1. The van der Waals surface area contributed by atoms with Crippen molar-refractivity contribution in [3.8, 4) is 0 Å². The third-order valence-electron chi connectivity index (χ3n) is 2.15. The molecule has 1 atom stereocenters. The monoisotopic (exact) mass is 208 g/mol. The normalized spacial score (nSPS) is 12.5. The summed E-state index contributed by atoms with van der Waals surface area (Å²) in [6, 6.07) is 8.42. The lowest BCUT2D eigenvalue weighted by Crippen LogP contribution is -2.08. The molecule has 0 saturated heterocycles. The second kappa shape index (κ2) is 5.20. The molecule has 0 aromatic heterocycles. The van der Waals surface area contributed by atoms with Crippen LogP contribution in [0.25, 0.3) is 0 Å². The Balaban J connectivity index is 2.49. The average Bonchev–Trinajstić information content (AvgIpc) is 2.14. The minimum absolute atomic E-state index is 0.107. The van der Waals surface area contributed by atoms with Crippen LogP contribution < -0.4 is 0 Å². The van der Waals surface area contributed by atoms with E-state index in [1.165, 1.54) is 11.1 Å². The van der Waals surface area contributed by atoms with Crippen molar-refractivity contribution in [2.75, 3.05) is 0 Å². The highest BCUT2D eigenvalue weighted by Gasteiger charge is 2.07. The Labute approximate surface area is 89.9 Å². The van der Waals surface area contributed by atoms with E-state index in [0.29, 0.717) is 0 Å². The topological polar surface area (TPSA) is 17.1 Å². The van der Waals surface area contributed by atoms with Crippen molar-refractivity contribution in [2.45, 2.75) is 31.8 Å². The molecule has 0 amide bonds. The Hall–Kier alpha value is -0.760. The van der Waals surface area contributed by atoms with Crippen LogP contribution in [-0.2, 0) is 10.5 Å². The lowest BCUT2D eigenvalue weighted by atomic mass is 10.2. The molecule has 0 N–H and O–H groups in total. The predicted octanol–water partition coefficient (Wildman–Crippen LogP) is 3.21. The van der Waals surface area contributed by atoms with Crippen LogP contribution in [0.5, 0.6) is 0 Å². The fraction of sp³-hybridized carbons (Fsp3) is 0.417. The largest absolute Gasteiger partial charge is 0.299 e. The number of Topliss-reactive ketones (excluding diaryl/α,β-unsaturated/α-hetero) is 1. The van der Waals surface area contributed by atoms with Gasteiger partial charge in [0.2, 0.25) is 0 Å². The first-order valence-electron chi connectivity index (χ1n) is 4.77. The van der Waals surface area contributed by atoms with Crippen LogP contribution in [0.2, 0.25) is 0 Å². The Bertz CT molecular complexity index is 320. The Morgan fingerprint density at radius 1 is 1.50 bits per heavy atom. The minimum atomic E-state index is 0.107. The van der Waals surface area contributed by atoms with Crippen LogP contribution in [0.4, 0.5) is 0 Å². The molecule has 0 aliphatic rings. The molecule has 1 rings (SSSR count). The molecule has 1 nitrogen and oxygen atoms in total. The zero-order valence-corrected chi connectivity index (χ0v) is 9.73. The van der Waals surface area contributed by atoms with Gasteiger partial charge in [-0.1, -0.05) is 29.8 Å². The summed E-state index contributed by atoms with van der Waals surface area (Å²) in [5.41, 5.74) is 2.57. The molecule has 0 spiro atoms. The maximum Gasteiger partial charge on any atom is 0.142 e. The number of rotatable bonds is 4. The molecule has 0 aliphatic heterocycles. The number of carbonyl (C=O) groups is 1. The summed E-state index contributed by atoms with van der Waals surface area (Å²) in [5.74, 6) is 1.17. The van der Waals surface area contributed by atoms with E-state index in [0.717, 1.165) is 5.75 Å². The van der Waals surface area contributed by atoms with Crippen LogP contribution in [-0.4, -0.2) is 11.0 Å². The van der Waals surface area contributed by atoms with Gasteiger partial charge in [0.1, 0.15) is 5.78 Å². The smallest absolute Gasteiger partial charge is 0.142 e. The second-order valence-electron chi connectivity index (χ2n) is 3.55. The first-order chi connectivity index (χ1) is 6.59. The van der Waals surface area contributed by atoms with E-state index in [-0.39, 0.29) is 11.0 Å². The fourth-order valence-electron chi connectivity index (χ4n) is 1.14. The molecule has 0 fully saturated rings. The predicted molar refractivity (Wildman–Crippen MR) is 62.6 cm³/mol. The van der Waals surface area contributed by atoms with Crippen LogP contribution >= 0.6 is 11.8 Å². The maximum absolute atomic E-state index is 11.0. The number of aryl methyl sites for hydroxylation is 1. The van der Waals surface area contributed by atoms with E-state index in [4.69, 9.17) is 0 Å². The molecule has 1 aromatic carbocycles. The van der Waals surface area contributed by atoms with E-state index in [2.05, 4.69) is 31.2 Å². The molecule has 1 aromatic rings. The number of benzene rings is 1. The van der Waals surface area contributed by atoms with Gasteiger partial charge in [-0.15, -0.1) is 11.8 Å². The molecule has 2 heteroatoms. The van der Waals surface area contributed by atoms with Gasteiger partial charge < -0.3 is 0 Å². The molecule has 0 aliphatic carbocycles. The van der Waals surface area contributed by atoms with Gasteiger partial charge in [-0.25, -0.2) is 0 Å². The maximum atomic E-state index is 11.0. The van der Waals surface area contributed by atoms with Gasteiger partial charge in [0, 0.05) is 5.75 Å². The minimum Gasteiger partial charge on any atom is -0.299 e. The first-order valence-corrected chi connectivity index (χ1v) is 5.82. The number of ketones is 1. The molecule has 0 radical (unpaired) electrons. The summed E-state index contributed by atoms with van der Waals surface area (Å²) in [5, 5.41) is 0.107. The van der Waals surface area contributed by atoms with Crippen molar-refractivity contribution in [1.29, 1.82) is 0 Å². The molecule has 1 unspecified atom stereocenters. The average molecular weight is 208 g/mol. The number of hydrogen-bond acceptors (Lipinski definition) is 2. The van der Waals surface area contributed by atoms with Crippen molar-refractivity contribution in [3.05, 3.63) is 35.4 Å². The molecule has 76 valence electrons. The highest BCUT2D eigenvalue weighted by Crippen LogP contribution is 2.18. The number of thioether (sulfide) groups is 1. The van der Waals surface area contributed by atoms with E-state index in [1.807, 2.05) is 6.92 Å². The number of hydrogen-bond donors (Lipinski definition) is 0. The standard InChI is InChI=1S/C12H16OS/c1-9-5-4-6-12(7-9)8-14-11(3)10(2)13/h4-7,11H,8H2,1-3H3. The van der Waals surface area contributed by atoms with Crippen molar-refractivity contribution < 1.29 is 4.79 Å². The third kappa shape index (κ3) is 3.54. The van der Waals surface area contributed by atoms with Gasteiger partial charge >= 0.3 is 0 Å². The quantitative estimate of drug-likeness (QED) is 0.755. The van der Waals surface area contributed by atoms with Crippen molar-refractivity contribution >= 4 is 17.5 Å². The summed E-state index contributed by atoms with van der Waals surface area (Å²) < 4.78 is 0. The van der Waals surface area contributed by atoms with Crippen LogP contribution in [0.15, 0.2) is 24.3 Å². The van der Waals surface area contributed by atoms with E-state index in [1.54, 1.807) is 18.7 Å². The van der Waals surface area contributed by atoms with Gasteiger partial charge in [-0.2, -0.15) is 0 Å². The Morgan fingerprint density at radius 2 is 2.21 bits per heavy atom. The molecular formula is C12H16OS. The van der Waals surface area contributed by atoms with Gasteiger partial charge in [0.15, 0.2) is 0 Å². The van der Waals surface area contributed by atoms with E-state index >= 15 is 0 Å². The summed E-state index contributed by atoms with van der Waals surface area (Å²) >= 11 is 1.70. The molecular weight excluding hydrogens is 192 g/mol. The zero-order valence-electron chi connectivity index (χ0n) is 8.91. The van der Waals surface area contributed by atoms with Gasteiger partial charge in [0.25, 0.3) is 0 Å².